The second kappa shape index (κ2) is 8.61. The monoisotopic (exact) mass is 498 g/mol. The Labute approximate surface area is 225 Å². The van der Waals surface area contributed by atoms with Crippen LogP contribution in [0.5, 0.6) is 0 Å². The van der Waals surface area contributed by atoms with Crippen LogP contribution in [0.2, 0.25) is 0 Å². The average molecular weight is 499 g/mol. The molecule has 0 aliphatic carbocycles. The maximum Gasteiger partial charge on any atom is 0.238 e. The van der Waals surface area contributed by atoms with Gasteiger partial charge in [-0.15, -0.1) is 0 Å². The summed E-state index contributed by atoms with van der Waals surface area (Å²) in [6.45, 7) is 0. The first-order chi connectivity index (χ1) is 19.3. The van der Waals surface area contributed by atoms with Gasteiger partial charge in [0.15, 0.2) is 11.6 Å². The second-order valence-electron chi connectivity index (χ2n) is 9.75. The van der Waals surface area contributed by atoms with Crippen molar-refractivity contribution in [2.45, 2.75) is 0 Å². The molecule has 1 aliphatic rings. The summed E-state index contributed by atoms with van der Waals surface area (Å²) < 4.78 is 0. The summed E-state index contributed by atoms with van der Waals surface area (Å²) in [5, 5.41) is 4.77. The number of rotatable bonds is 3. The van der Waals surface area contributed by atoms with Crippen molar-refractivity contribution < 1.29 is 0 Å². The number of hydrogen-bond acceptors (Lipinski definition) is 4. The molecule has 4 heteroatoms. The SMILES string of the molecule is c1ccc(-c2nc(-c3ccccc3)nc(N3c4cc5ccccc5cc4-c4cccc5cccc3c45)n2)cc1. The van der Waals surface area contributed by atoms with Gasteiger partial charge in [-0.1, -0.05) is 115 Å². The maximum absolute atomic E-state index is 5.10. The van der Waals surface area contributed by atoms with E-state index in [1.54, 1.807) is 0 Å². The third kappa shape index (κ3) is 3.50. The molecule has 1 aliphatic heterocycles. The first-order valence-corrected chi connectivity index (χ1v) is 13.1. The van der Waals surface area contributed by atoms with Crippen molar-refractivity contribution in [2.24, 2.45) is 0 Å². The molecule has 0 radical (unpaired) electrons. The molecule has 0 bridgehead atoms. The van der Waals surface area contributed by atoms with E-state index in [1.165, 1.54) is 32.7 Å². The highest BCUT2D eigenvalue weighted by atomic mass is 15.3. The molecule has 0 spiro atoms. The zero-order chi connectivity index (χ0) is 25.8. The lowest BCUT2D eigenvalue weighted by molar-refractivity contribution is 1.02. The fourth-order valence-electron chi connectivity index (χ4n) is 5.60. The Morgan fingerprint density at radius 1 is 0.410 bits per heavy atom. The van der Waals surface area contributed by atoms with Crippen molar-refractivity contribution in [1.29, 1.82) is 0 Å². The highest BCUT2D eigenvalue weighted by Crippen LogP contribution is 2.51. The van der Waals surface area contributed by atoms with Gasteiger partial charge in [0.05, 0.1) is 11.4 Å². The first kappa shape index (κ1) is 21.7. The molecule has 1 aromatic heterocycles. The van der Waals surface area contributed by atoms with Crippen LogP contribution in [0, 0.1) is 0 Å². The van der Waals surface area contributed by atoms with Crippen LogP contribution in [-0.2, 0) is 0 Å². The summed E-state index contributed by atoms with van der Waals surface area (Å²) in [5.74, 6) is 1.89. The van der Waals surface area contributed by atoms with Crippen LogP contribution in [0.3, 0.4) is 0 Å². The summed E-state index contributed by atoms with van der Waals surface area (Å²) in [6, 6.07) is 46.3. The van der Waals surface area contributed by atoms with E-state index in [4.69, 9.17) is 15.0 Å². The predicted octanol–water partition coefficient (Wildman–Crippen LogP) is 8.96. The van der Waals surface area contributed by atoms with E-state index >= 15 is 0 Å². The van der Waals surface area contributed by atoms with Crippen molar-refractivity contribution in [3.05, 3.63) is 133 Å². The summed E-state index contributed by atoms with van der Waals surface area (Å²) >= 11 is 0. The van der Waals surface area contributed by atoms with E-state index in [0.717, 1.165) is 22.5 Å². The second-order valence-corrected chi connectivity index (χ2v) is 9.75. The normalized spacial score (nSPS) is 12.1. The van der Waals surface area contributed by atoms with Crippen LogP contribution >= 0.6 is 0 Å². The van der Waals surface area contributed by atoms with Gasteiger partial charge < -0.3 is 0 Å². The number of nitrogens with zero attached hydrogens (tertiary/aromatic N) is 4. The topological polar surface area (TPSA) is 41.9 Å². The minimum atomic E-state index is 0.598. The van der Waals surface area contributed by atoms with E-state index in [-0.39, 0.29) is 0 Å². The van der Waals surface area contributed by atoms with E-state index < -0.39 is 0 Å². The van der Waals surface area contributed by atoms with Gasteiger partial charge >= 0.3 is 0 Å². The summed E-state index contributed by atoms with van der Waals surface area (Å²) in [4.78, 5) is 17.3. The lowest BCUT2D eigenvalue weighted by Gasteiger charge is -2.32. The van der Waals surface area contributed by atoms with Crippen molar-refractivity contribution in [1.82, 2.24) is 15.0 Å². The largest absolute Gasteiger partial charge is 0.278 e. The molecule has 2 heterocycles. The number of fused-ring (bicyclic) bond motifs is 3. The molecular formula is C35H22N4. The van der Waals surface area contributed by atoms with Crippen LogP contribution in [0.4, 0.5) is 17.3 Å². The number of hydrogen-bond donors (Lipinski definition) is 0. The highest BCUT2D eigenvalue weighted by Gasteiger charge is 2.29. The molecular weight excluding hydrogens is 476 g/mol. The minimum Gasteiger partial charge on any atom is -0.278 e. The Morgan fingerprint density at radius 2 is 0.974 bits per heavy atom. The Kier molecular flexibility index (Phi) is 4.79. The smallest absolute Gasteiger partial charge is 0.238 e. The zero-order valence-electron chi connectivity index (χ0n) is 21.0. The van der Waals surface area contributed by atoms with Crippen molar-refractivity contribution in [3.8, 4) is 33.9 Å². The molecule has 4 nitrogen and oxygen atoms in total. The average Bonchev–Trinajstić information content (AvgIpc) is 3.01. The predicted molar refractivity (Wildman–Crippen MR) is 159 cm³/mol. The molecule has 182 valence electrons. The van der Waals surface area contributed by atoms with E-state index in [1.807, 2.05) is 60.7 Å². The Bertz CT molecular complexity index is 1950. The van der Waals surface area contributed by atoms with Crippen molar-refractivity contribution in [2.75, 3.05) is 4.90 Å². The van der Waals surface area contributed by atoms with Gasteiger partial charge in [-0.25, -0.2) is 4.98 Å². The van der Waals surface area contributed by atoms with Crippen molar-refractivity contribution >= 4 is 38.9 Å². The number of aromatic nitrogens is 3. The third-order valence-corrected chi connectivity index (χ3v) is 7.41. The highest BCUT2D eigenvalue weighted by molar-refractivity contribution is 6.15. The van der Waals surface area contributed by atoms with Gasteiger partial charge in [-0.2, -0.15) is 9.97 Å². The fraction of sp³-hybridized carbons (Fsp3) is 0. The van der Waals surface area contributed by atoms with Crippen LogP contribution in [0.15, 0.2) is 133 Å². The molecule has 8 rings (SSSR count). The van der Waals surface area contributed by atoms with Crippen molar-refractivity contribution in [3.63, 3.8) is 0 Å². The molecule has 0 unspecified atom stereocenters. The molecule has 6 aromatic carbocycles. The standard InChI is InChI=1S/C35H22N4/c1-3-11-24(12-4-1)33-36-34(25-13-5-2-6-14-25)38-35(37-33)39-30-20-10-18-23-17-9-19-28(32(23)30)29-21-26-15-7-8-16-27(26)22-31(29)39/h1-22H. The van der Waals surface area contributed by atoms with Crippen LogP contribution in [0.1, 0.15) is 0 Å². The maximum atomic E-state index is 5.10. The Morgan fingerprint density at radius 3 is 1.64 bits per heavy atom. The van der Waals surface area contributed by atoms with Gasteiger partial charge in [0, 0.05) is 22.1 Å². The Hall–Kier alpha value is -5.35. The number of anilines is 3. The van der Waals surface area contributed by atoms with E-state index in [2.05, 4.69) is 77.7 Å². The molecule has 0 N–H and O–H groups in total. The van der Waals surface area contributed by atoms with Gasteiger partial charge in [0.2, 0.25) is 5.95 Å². The zero-order valence-corrected chi connectivity index (χ0v) is 21.0. The van der Waals surface area contributed by atoms with Gasteiger partial charge in [0.1, 0.15) is 0 Å². The van der Waals surface area contributed by atoms with Crippen LogP contribution in [0.25, 0.3) is 55.4 Å². The summed E-state index contributed by atoms with van der Waals surface area (Å²) in [7, 11) is 0. The van der Waals surface area contributed by atoms with Crippen LogP contribution < -0.4 is 4.90 Å². The van der Waals surface area contributed by atoms with Gasteiger partial charge in [-0.3, -0.25) is 4.90 Å². The minimum absolute atomic E-state index is 0.598. The molecule has 0 amide bonds. The lowest BCUT2D eigenvalue weighted by atomic mass is 9.90. The number of benzene rings is 6. The molecule has 7 aromatic rings. The molecule has 0 fully saturated rings. The summed E-state index contributed by atoms with van der Waals surface area (Å²) in [6.07, 6.45) is 0. The van der Waals surface area contributed by atoms with E-state index in [9.17, 15) is 0 Å². The van der Waals surface area contributed by atoms with Crippen LogP contribution in [-0.4, -0.2) is 15.0 Å². The third-order valence-electron chi connectivity index (χ3n) is 7.41. The summed E-state index contributed by atoms with van der Waals surface area (Å²) in [5.41, 5.74) is 6.42. The molecule has 0 saturated carbocycles. The molecule has 0 saturated heterocycles. The Balaban J connectivity index is 1.47. The molecule has 0 atom stereocenters. The first-order valence-electron chi connectivity index (χ1n) is 13.1. The van der Waals surface area contributed by atoms with E-state index in [0.29, 0.717) is 17.6 Å². The quantitative estimate of drug-likeness (QED) is 0.244. The molecule has 39 heavy (non-hydrogen) atoms. The van der Waals surface area contributed by atoms with Gasteiger partial charge in [-0.05, 0) is 39.9 Å². The fourth-order valence-corrected chi connectivity index (χ4v) is 5.60. The lowest BCUT2D eigenvalue weighted by Crippen LogP contribution is -2.18. The van der Waals surface area contributed by atoms with Gasteiger partial charge in [0.25, 0.3) is 0 Å².